The number of anilines is 3. The van der Waals surface area contributed by atoms with Gasteiger partial charge in [0.2, 0.25) is 0 Å². The van der Waals surface area contributed by atoms with E-state index in [1.165, 1.54) is 11.3 Å². The highest BCUT2D eigenvalue weighted by molar-refractivity contribution is 7.23. The van der Waals surface area contributed by atoms with Gasteiger partial charge in [-0.05, 0) is 23.6 Å². The summed E-state index contributed by atoms with van der Waals surface area (Å²) in [4.78, 5) is 24.0. The molecule has 3 atom stereocenters. The van der Waals surface area contributed by atoms with Crippen LogP contribution in [0.5, 0.6) is 0 Å². The molecule has 0 saturated carbocycles. The Bertz CT molecular complexity index is 1100. The van der Waals surface area contributed by atoms with Gasteiger partial charge in [-0.15, -0.1) is 11.3 Å². The van der Waals surface area contributed by atoms with Gasteiger partial charge in [0, 0.05) is 37.4 Å². The number of fused-ring (bicyclic) bond motifs is 1. The van der Waals surface area contributed by atoms with E-state index in [1.54, 1.807) is 18.6 Å². The molecule has 6 N–H and O–H groups in total. The number of amides is 1. The monoisotopic (exact) mass is 440 g/mol. The Morgan fingerprint density at radius 2 is 2.13 bits per heavy atom. The number of nitrogen functional groups attached to an aromatic ring is 1. The first-order chi connectivity index (χ1) is 14.8. The minimum Gasteiger partial charge on any atom is -0.391 e. The number of aliphatic hydroxyl groups is 1. The Morgan fingerprint density at radius 1 is 1.35 bits per heavy atom. The first-order valence-corrected chi connectivity index (χ1v) is 11.2. The number of nitrogens with two attached hydrogens (primary N) is 2. The van der Waals surface area contributed by atoms with E-state index >= 15 is 0 Å². The molecule has 0 radical (unpaired) electrons. The Hall–Kier alpha value is -2.75. The standard InChI is InChI=1S/C22H28N6O2S/c1-11(2)13-6-17-19(26-7-13)18(21(24)31-17)22(30)27-15-8-25-5-4-16(15)28-9-12(3)20(29)14(23)10-28/h4-8,11-12,14,20,29H,9-10,23-24H2,1-3H3,(H,27,30)/t12-,14+,20+/m0/s1. The van der Waals surface area contributed by atoms with Crippen LogP contribution in [-0.4, -0.2) is 46.2 Å². The molecular formula is C22H28N6O2S. The molecular weight excluding hydrogens is 412 g/mol. The summed E-state index contributed by atoms with van der Waals surface area (Å²) in [6, 6.07) is 3.52. The maximum Gasteiger partial charge on any atom is 0.260 e. The van der Waals surface area contributed by atoms with Crippen molar-refractivity contribution in [1.82, 2.24) is 9.97 Å². The second-order valence-corrected chi connectivity index (χ2v) is 9.58. The number of aromatic nitrogens is 2. The fourth-order valence-electron chi connectivity index (χ4n) is 4.00. The highest BCUT2D eigenvalue weighted by Gasteiger charge is 2.32. The zero-order chi connectivity index (χ0) is 22.3. The molecule has 3 aromatic rings. The predicted octanol–water partition coefficient (Wildman–Crippen LogP) is 2.79. The normalized spacial score (nSPS) is 21.6. The number of thiophene rings is 1. The molecule has 0 unspecified atom stereocenters. The van der Waals surface area contributed by atoms with Crippen LogP contribution in [0.15, 0.2) is 30.7 Å². The first kappa shape index (κ1) is 21.5. The van der Waals surface area contributed by atoms with E-state index in [0.29, 0.717) is 40.8 Å². The summed E-state index contributed by atoms with van der Waals surface area (Å²) in [6.07, 6.45) is 4.54. The van der Waals surface area contributed by atoms with Gasteiger partial charge < -0.3 is 26.8 Å². The molecule has 0 spiro atoms. The van der Waals surface area contributed by atoms with Gasteiger partial charge >= 0.3 is 0 Å². The van der Waals surface area contributed by atoms with Crippen molar-refractivity contribution in [2.75, 3.05) is 29.0 Å². The summed E-state index contributed by atoms with van der Waals surface area (Å²) in [5.74, 6) is 0.0285. The lowest BCUT2D eigenvalue weighted by atomic mass is 9.92. The third-order valence-electron chi connectivity index (χ3n) is 5.82. The summed E-state index contributed by atoms with van der Waals surface area (Å²) in [5.41, 5.74) is 15.8. The number of nitrogens with one attached hydrogen (secondary N) is 1. The summed E-state index contributed by atoms with van der Waals surface area (Å²) < 4.78 is 0.894. The lowest BCUT2D eigenvalue weighted by Crippen LogP contribution is -2.55. The summed E-state index contributed by atoms with van der Waals surface area (Å²) >= 11 is 1.37. The quantitative estimate of drug-likeness (QED) is 0.491. The van der Waals surface area contributed by atoms with Gasteiger partial charge in [-0.1, -0.05) is 20.8 Å². The van der Waals surface area contributed by atoms with E-state index in [1.807, 2.05) is 19.1 Å². The van der Waals surface area contributed by atoms with Gasteiger partial charge in [-0.2, -0.15) is 0 Å². The van der Waals surface area contributed by atoms with Gasteiger partial charge in [0.1, 0.15) is 10.6 Å². The smallest absolute Gasteiger partial charge is 0.260 e. The third-order valence-corrected chi connectivity index (χ3v) is 6.77. The molecule has 1 aliphatic heterocycles. The van der Waals surface area contributed by atoms with E-state index in [4.69, 9.17) is 11.5 Å². The van der Waals surface area contributed by atoms with Gasteiger partial charge in [0.15, 0.2) is 0 Å². The number of rotatable bonds is 4. The topological polar surface area (TPSA) is 130 Å². The Labute approximate surface area is 185 Å². The Balaban J connectivity index is 1.64. The van der Waals surface area contributed by atoms with Crippen LogP contribution in [-0.2, 0) is 0 Å². The van der Waals surface area contributed by atoms with Crippen molar-refractivity contribution in [2.45, 2.75) is 38.8 Å². The molecule has 4 heterocycles. The Kier molecular flexibility index (Phi) is 5.83. The summed E-state index contributed by atoms with van der Waals surface area (Å²) in [6.45, 7) is 7.28. The van der Waals surface area contributed by atoms with Crippen LogP contribution in [0, 0.1) is 5.92 Å². The molecule has 0 bridgehead atoms. The molecule has 9 heteroatoms. The fourth-order valence-corrected chi connectivity index (χ4v) is 4.98. The average Bonchev–Trinajstić information content (AvgIpc) is 3.06. The largest absolute Gasteiger partial charge is 0.391 e. The number of nitrogens with zero attached hydrogens (tertiary/aromatic N) is 3. The number of aliphatic hydroxyl groups excluding tert-OH is 1. The van der Waals surface area contributed by atoms with E-state index < -0.39 is 6.10 Å². The van der Waals surface area contributed by atoms with Crippen LogP contribution in [0.2, 0.25) is 0 Å². The van der Waals surface area contributed by atoms with Crippen LogP contribution in [0.3, 0.4) is 0 Å². The molecule has 0 aliphatic carbocycles. The number of carbonyl (C=O) groups excluding carboxylic acids is 1. The minimum absolute atomic E-state index is 0.0104. The van der Waals surface area contributed by atoms with Crippen LogP contribution in [0.1, 0.15) is 42.6 Å². The molecule has 164 valence electrons. The van der Waals surface area contributed by atoms with Gasteiger partial charge in [-0.25, -0.2) is 0 Å². The second kappa shape index (κ2) is 8.41. The summed E-state index contributed by atoms with van der Waals surface area (Å²) in [7, 11) is 0. The Morgan fingerprint density at radius 3 is 2.84 bits per heavy atom. The van der Waals surface area contributed by atoms with E-state index in [9.17, 15) is 9.90 Å². The van der Waals surface area contributed by atoms with Crippen LogP contribution in [0.25, 0.3) is 10.2 Å². The van der Waals surface area contributed by atoms with Crippen molar-refractivity contribution >= 4 is 43.8 Å². The van der Waals surface area contributed by atoms with Crippen molar-refractivity contribution in [1.29, 1.82) is 0 Å². The maximum absolute atomic E-state index is 13.2. The minimum atomic E-state index is -0.546. The number of pyridine rings is 2. The van der Waals surface area contributed by atoms with Crippen LogP contribution in [0.4, 0.5) is 16.4 Å². The number of hydrogen-bond donors (Lipinski definition) is 4. The summed E-state index contributed by atoms with van der Waals surface area (Å²) in [5, 5.41) is 13.6. The average molecular weight is 441 g/mol. The lowest BCUT2D eigenvalue weighted by Gasteiger charge is -2.40. The van der Waals surface area contributed by atoms with Crippen molar-refractivity contribution in [2.24, 2.45) is 11.7 Å². The fraction of sp³-hybridized carbons (Fsp3) is 0.409. The molecule has 1 saturated heterocycles. The van der Waals surface area contributed by atoms with Crippen molar-refractivity contribution in [3.8, 4) is 0 Å². The second-order valence-electron chi connectivity index (χ2n) is 8.50. The van der Waals surface area contributed by atoms with E-state index in [0.717, 1.165) is 16.0 Å². The van der Waals surface area contributed by atoms with Gasteiger partial charge in [-0.3, -0.25) is 14.8 Å². The van der Waals surface area contributed by atoms with Gasteiger partial charge in [0.05, 0.1) is 33.9 Å². The van der Waals surface area contributed by atoms with Crippen molar-refractivity contribution in [3.05, 3.63) is 41.9 Å². The highest BCUT2D eigenvalue weighted by Crippen LogP contribution is 2.35. The third kappa shape index (κ3) is 4.08. The SMILES string of the molecule is CC(C)c1cnc2c(C(=O)Nc3cnccc3N3C[C@@H](N)[C@H](O)[C@@H](C)C3)c(N)sc2c1. The zero-order valence-corrected chi connectivity index (χ0v) is 18.7. The number of hydrogen-bond acceptors (Lipinski definition) is 8. The molecule has 31 heavy (non-hydrogen) atoms. The number of carbonyl (C=O) groups is 1. The van der Waals surface area contributed by atoms with E-state index in [2.05, 4.69) is 34.0 Å². The van der Waals surface area contributed by atoms with Gasteiger partial charge in [0.25, 0.3) is 5.91 Å². The molecule has 4 rings (SSSR count). The highest BCUT2D eigenvalue weighted by atomic mass is 32.1. The molecule has 3 aromatic heterocycles. The molecule has 1 fully saturated rings. The number of piperidine rings is 1. The van der Waals surface area contributed by atoms with E-state index in [-0.39, 0.29) is 17.9 Å². The predicted molar refractivity (Wildman–Crippen MR) is 126 cm³/mol. The molecule has 1 aliphatic rings. The molecule has 8 nitrogen and oxygen atoms in total. The van der Waals surface area contributed by atoms with Crippen molar-refractivity contribution in [3.63, 3.8) is 0 Å². The lowest BCUT2D eigenvalue weighted by molar-refractivity contribution is 0.0785. The first-order valence-electron chi connectivity index (χ1n) is 10.4. The molecule has 1 amide bonds. The zero-order valence-electron chi connectivity index (χ0n) is 17.9. The van der Waals surface area contributed by atoms with Crippen LogP contribution < -0.4 is 21.7 Å². The molecule has 0 aromatic carbocycles. The van der Waals surface area contributed by atoms with Crippen molar-refractivity contribution < 1.29 is 9.90 Å². The van der Waals surface area contributed by atoms with Crippen LogP contribution >= 0.6 is 11.3 Å². The maximum atomic E-state index is 13.2.